The van der Waals surface area contributed by atoms with Crippen molar-refractivity contribution in [1.29, 1.82) is 0 Å². The van der Waals surface area contributed by atoms with Crippen LogP contribution in [0.25, 0.3) is 0 Å². The summed E-state index contributed by atoms with van der Waals surface area (Å²) in [7, 11) is 0. The number of hydrogen-bond donors (Lipinski definition) is 1. The van der Waals surface area contributed by atoms with E-state index in [1.54, 1.807) is 18.2 Å². The fourth-order valence-corrected chi connectivity index (χ4v) is 9.35. The van der Waals surface area contributed by atoms with Gasteiger partial charge < -0.3 is 28.8 Å². The molecule has 47 heavy (non-hydrogen) atoms. The van der Waals surface area contributed by atoms with Gasteiger partial charge in [0.25, 0.3) is 0 Å². The molecule has 3 saturated carbocycles. The molecule has 0 aromatic heterocycles. The number of allylic oxidation sites excluding steroid dienone is 1. The lowest BCUT2D eigenvalue weighted by molar-refractivity contribution is -0.139. The molecule has 0 amide bonds. The Labute approximate surface area is 278 Å². The Balaban J connectivity index is 1.23. The second-order valence-electron chi connectivity index (χ2n) is 14.1. The zero-order valence-electron chi connectivity index (χ0n) is 28.0. The summed E-state index contributed by atoms with van der Waals surface area (Å²) in [5.74, 6) is 1.39. The molecule has 4 aliphatic carbocycles. The van der Waals surface area contributed by atoms with E-state index >= 15 is 0 Å². The van der Waals surface area contributed by atoms with Crippen LogP contribution in [-0.2, 0) is 23.8 Å². The third-order valence-electron chi connectivity index (χ3n) is 11.7. The summed E-state index contributed by atoms with van der Waals surface area (Å²) in [4.78, 5) is 36.1. The highest BCUT2D eigenvalue weighted by molar-refractivity contribution is 5.90. The van der Waals surface area contributed by atoms with Crippen LogP contribution in [0, 0.1) is 34.5 Å². The Morgan fingerprint density at radius 1 is 0.915 bits per heavy atom. The van der Waals surface area contributed by atoms with Crippen LogP contribution in [0.3, 0.4) is 0 Å². The maximum Gasteiger partial charge on any atom is 0.338 e. The number of esters is 3. The van der Waals surface area contributed by atoms with E-state index in [-0.39, 0.29) is 55.2 Å². The summed E-state index contributed by atoms with van der Waals surface area (Å²) < 4.78 is 27.6. The van der Waals surface area contributed by atoms with Crippen molar-refractivity contribution in [2.24, 2.45) is 34.5 Å². The van der Waals surface area contributed by atoms with Crippen molar-refractivity contribution in [1.82, 2.24) is 0 Å². The molecule has 0 bridgehead atoms. The zero-order chi connectivity index (χ0) is 33.8. The number of hydrogen-bond acceptors (Lipinski definition) is 9. The molecule has 4 aliphatic rings. The van der Waals surface area contributed by atoms with Gasteiger partial charge in [-0.3, -0.25) is 0 Å². The number of ether oxygens (including phenoxy) is 5. The van der Waals surface area contributed by atoms with E-state index in [0.29, 0.717) is 35.0 Å². The molecule has 0 radical (unpaired) electrons. The second kappa shape index (κ2) is 14.7. The SMILES string of the molecule is C=CC(=O)OCCOc1ccc(C(=O)O[C@H]2CC[C@@]3(C)C(=CC[C@H]4[C@@H]5CC[C@H]([C@H](C)O)[C@@]5(C)CC[C@@H]43)C2)cc1OCCOC(=O)C=C. The van der Waals surface area contributed by atoms with E-state index in [2.05, 4.69) is 33.1 Å². The fourth-order valence-electron chi connectivity index (χ4n) is 9.35. The number of fused-ring (bicyclic) bond motifs is 5. The monoisotopic (exact) mass is 650 g/mol. The standard InChI is InChI=1S/C38H50O9/c1-6-34(40)45-20-18-43-32-13-8-25(22-33(32)44-19-21-46-35(41)7-2)36(42)47-27-14-16-37(4)26(23-27)9-10-28-30-12-11-29(24(3)39)38(30,5)17-15-31(28)37/h6-9,13,22,24,27-31,39H,1-2,10-12,14-21,23H2,3-5H3/t24-,27-,28-,29+,30-,31-,37-,38+/m0/s1. The first-order valence-corrected chi connectivity index (χ1v) is 17.1. The van der Waals surface area contributed by atoms with Crippen molar-refractivity contribution >= 4 is 17.9 Å². The molecule has 0 aliphatic heterocycles. The van der Waals surface area contributed by atoms with E-state index in [1.165, 1.54) is 24.8 Å². The van der Waals surface area contributed by atoms with Crippen molar-refractivity contribution in [3.63, 3.8) is 0 Å². The van der Waals surface area contributed by atoms with Gasteiger partial charge in [0.1, 0.15) is 32.5 Å². The molecule has 3 fully saturated rings. The summed E-state index contributed by atoms with van der Waals surface area (Å²) in [5.41, 5.74) is 2.09. The average Bonchev–Trinajstić information content (AvgIpc) is 3.42. The molecule has 1 aromatic rings. The van der Waals surface area contributed by atoms with Crippen LogP contribution < -0.4 is 9.47 Å². The van der Waals surface area contributed by atoms with Crippen LogP contribution >= 0.6 is 0 Å². The number of benzene rings is 1. The van der Waals surface area contributed by atoms with Crippen molar-refractivity contribution in [2.75, 3.05) is 26.4 Å². The third kappa shape index (κ3) is 7.30. The summed E-state index contributed by atoms with van der Waals surface area (Å²) in [6, 6.07) is 4.79. The fraction of sp³-hybridized carbons (Fsp3) is 0.605. The molecule has 0 saturated heterocycles. The first kappa shape index (κ1) is 34.7. The lowest BCUT2D eigenvalue weighted by Crippen LogP contribution is -2.51. The minimum Gasteiger partial charge on any atom is -0.486 e. The molecule has 9 nitrogen and oxygen atoms in total. The predicted molar refractivity (Wildman–Crippen MR) is 176 cm³/mol. The van der Waals surface area contributed by atoms with E-state index in [0.717, 1.165) is 44.3 Å². The van der Waals surface area contributed by atoms with Crippen molar-refractivity contribution in [3.8, 4) is 11.5 Å². The lowest BCUT2D eigenvalue weighted by atomic mass is 9.47. The minimum absolute atomic E-state index is 0.00540. The number of rotatable bonds is 13. The molecule has 0 spiro atoms. The van der Waals surface area contributed by atoms with E-state index in [4.69, 9.17) is 23.7 Å². The molecule has 1 aromatic carbocycles. The molecule has 0 unspecified atom stereocenters. The average molecular weight is 651 g/mol. The van der Waals surface area contributed by atoms with Gasteiger partial charge in [-0.25, -0.2) is 14.4 Å². The van der Waals surface area contributed by atoms with Crippen LogP contribution in [0.15, 0.2) is 55.2 Å². The summed E-state index contributed by atoms with van der Waals surface area (Å²) in [6.07, 6.45) is 12.4. The van der Waals surface area contributed by atoms with E-state index in [9.17, 15) is 19.5 Å². The van der Waals surface area contributed by atoms with Crippen LogP contribution in [0.1, 0.15) is 82.5 Å². The van der Waals surface area contributed by atoms with Crippen LogP contribution in [0.5, 0.6) is 11.5 Å². The zero-order valence-corrected chi connectivity index (χ0v) is 28.0. The van der Waals surface area contributed by atoms with Gasteiger partial charge in [-0.1, -0.05) is 38.7 Å². The first-order valence-electron chi connectivity index (χ1n) is 17.1. The van der Waals surface area contributed by atoms with Crippen molar-refractivity contribution < 1.29 is 43.2 Å². The van der Waals surface area contributed by atoms with Gasteiger partial charge in [0.05, 0.1) is 11.7 Å². The highest BCUT2D eigenvalue weighted by Gasteiger charge is 2.59. The number of carbonyl (C=O) groups is 3. The van der Waals surface area contributed by atoms with Crippen LogP contribution in [0.4, 0.5) is 0 Å². The Hall–Kier alpha value is -3.59. The topological polar surface area (TPSA) is 118 Å². The summed E-state index contributed by atoms with van der Waals surface area (Å²) in [5, 5.41) is 10.5. The molecule has 0 heterocycles. The molecular formula is C38H50O9. The molecule has 5 rings (SSSR count). The molecular weight excluding hydrogens is 600 g/mol. The Morgan fingerprint density at radius 2 is 1.60 bits per heavy atom. The second-order valence-corrected chi connectivity index (χ2v) is 14.1. The lowest BCUT2D eigenvalue weighted by Gasteiger charge is -2.58. The van der Waals surface area contributed by atoms with Gasteiger partial charge >= 0.3 is 17.9 Å². The maximum atomic E-state index is 13.4. The quantitative estimate of drug-likeness (QED) is 0.0852. The summed E-state index contributed by atoms with van der Waals surface area (Å²) >= 11 is 0. The molecule has 1 N–H and O–H groups in total. The maximum absolute atomic E-state index is 13.4. The highest BCUT2D eigenvalue weighted by Crippen LogP contribution is 2.66. The van der Waals surface area contributed by atoms with Gasteiger partial charge in [0.15, 0.2) is 11.5 Å². The largest absolute Gasteiger partial charge is 0.486 e. The smallest absolute Gasteiger partial charge is 0.338 e. The van der Waals surface area contributed by atoms with Gasteiger partial charge in [-0.2, -0.15) is 0 Å². The van der Waals surface area contributed by atoms with Crippen LogP contribution in [0.2, 0.25) is 0 Å². The van der Waals surface area contributed by atoms with Gasteiger partial charge in [-0.05, 0) is 105 Å². The third-order valence-corrected chi connectivity index (χ3v) is 11.7. The normalized spacial score (nSPS) is 31.5. The van der Waals surface area contributed by atoms with Gasteiger partial charge in [0.2, 0.25) is 0 Å². The Kier molecular flexibility index (Phi) is 10.8. The molecule has 8 atom stereocenters. The van der Waals surface area contributed by atoms with E-state index in [1.807, 2.05) is 6.92 Å². The Bertz CT molecular complexity index is 1380. The first-order chi connectivity index (χ1) is 22.5. The minimum atomic E-state index is -0.566. The number of aliphatic hydroxyl groups is 1. The Morgan fingerprint density at radius 3 is 2.26 bits per heavy atom. The number of aliphatic hydroxyl groups excluding tert-OH is 1. The van der Waals surface area contributed by atoms with Crippen LogP contribution in [-0.4, -0.2) is 61.6 Å². The van der Waals surface area contributed by atoms with Gasteiger partial charge in [-0.15, -0.1) is 0 Å². The van der Waals surface area contributed by atoms with Crippen molar-refractivity contribution in [2.45, 2.75) is 84.3 Å². The highest BCUT2D eigenvalue weighted by atomic mass is 16.6. The van der Waals surface area contributed by atoms with E-state index < -0.39 is 17.9 Å². The molecule has 256 valence electrons. The summed E-state index contributed by atoms with van der Waals surface area (Å²) in [6.45, 7) is 13.7. The van der Waals surface area contributed by atoms with Gasteiger partial charge in [0, 0.05) is 18.6 Å². The molecule has 9 heteroatoms. The predicted octanol–water partition coefficient (Wildman–Crippen LogP) is 6.39. The number of carbonyl (C=O) groups excluding carboxylic acids is 3. The van der Waals surface area contributed by atoms with Crippen molar-refractivity contribution in [3.05, 3.63) is 60.7 Å².